The first kappa shape index (κ1) is 8.69. The average Bonchev–Trinajstić information content (AvgIpc) is 2.53. The van der Waals surface area contributed by atoms with Gasteiger partial charge in [-0.2, -0.15) is 4.98 Å². The maximum absolute atomic E-state index is 4.64. The van der Waals surface area contributed by atoms with E-state index in [0.29, 0.717) is 0 Å². The number of hydrogen-bond donors (Lipinski definition) is 1. The Morgan fingerprint density at radius 3 is 3.08 bits per heavy atom. The zero-order valence-electron chi connectivity index (χ0n) is 7.86. The van der Waals surface area contributed by atoms with Gasteiger partial charge in [0.1, 0.15) is 0 Å². The largest absolute Gasteiger partial charge is 0.343 e. The van der Waals surface area contributed by atoms with Crippen LogP contribution in [-0.2, 0) is 6.42 Å². The molecule has 0 radical (unpaired) electrons. The molecule has 1 aromatic heterocycles. The second-order valence-corrected chi connectivity index (χ2v) is 3.83. The fourth-order valence-corrected chi connectivity index (χ4v) is 1.76. The quantitative estimate of drug-likeness (QED) is 0.753. The van der Waals surface area contributed by atoms with Gasteiger partial charge in [0.15, 0.2) is 5.82 Å². The maximum atomic E-state index is 4.64. The molecule has 0 saturated heterocycles. The zero-order chi connectivity index (χ0) is 9.10. The first-order chi connectivity index (χ1) is 6.34. The van der Waals surface area contributed by atoms with E-state index in [-0.39, 0.29) is 0 Å². The van der Waals surface area contributed by atoms with Crippen LogP contribution in [0.2, 0.25) is 0 Å². The van der Waals surface area contributed by atoms with Crippen molar-refractivity contribution in [3.8, 4) is 0 Å². The Morgan fingerprint density at radius 1 is 1.62 bits per heavy atom. The molecule has 0 spiro atoms. The minimum atomic E-state index is 0.724. The molecule has 4 heteroatoms. The van der Waals surface area contributed by atoms with Gasteiger partial charge in [-0.15, -0.1) is 0 Å². The van der Waals surface area contributed by atoms with Crippen LogP contribution < -0.4 is 5.32 Å². The molecule has 0 unspecified atom stereocenters. The van der Waals surface area contributed by atoms with E-state index in [4.69, 9.17) is 0 Å². The summed E-state index contributed by atoms with van der Waals surface area (Å²) in [4.78, 5) is 3.95. The van der Waals surface area contributed by atoms with E-state index in [2.05, 4.69) is 26.9 Å². The Morgan fingerprint density at radius 2 is 2.46 bits per heavy atom. The van der Waals surface area contributed by atoms with Crippen LogP contribution in [0, 0.1) is 5.92 Å². The molecule has 2 rings (SSSR count). The Hall–Kier alpha value is -0.900. The van der Waals surface area contributed by atoms with Crippen LogP contribution in [0.25, 0.3) is 0 Å². The van der Waals surface area contributed by atoms with E-state index in [1.54, 1.807) is 0 Å². The zero-order valence-corrected chi connectivity index (χ0v) is 7.86. The SMILES string of the molecule is CC1CC(NCCc2ncon2)C1. The molecule has 1 heterocycles. The summed E-state index contributed by atoms with van der Waals surface area (Å²) in [6.07, 6.45) is 4.86. The summed E-state index contributed by atoms with van der Waals surface area (Å²) in [5.74, 6) is 1.70. The average molecular weight is 181 g/mol. The van der Waals surface area contributed by atoms with E-state index < -0.39 is 0 Å². The van der Waals surface area contributed by atoms with Crippen LogP contribution in [0.3, 0.4) is 0 Å². The molecule has 1 N–H and O–H groups in total. The molecule has 0 bridgehead atoms. The van der Waals surface area contributed by atoms with Gasteiger partial charge in [-0.1, -0.05) is 12.1 Å². The van der Waals surface area contributed by atoms with Crippen molar-refractivity contribution in [1.82, 2.24) is 15.5 Å². The van der Waals surface area contributed by atoms with Gasteiger partial charge in [-0.25, -0.2) is 0 Å². The molecule has 1 saturated carbocycles. The minimum Gasteiger partial charge on any atom is -0.343 e. The molecule has 1 fully saturated rings. The summed E-state index contributed by atoms with van der Waals surface area (Å²) < 4.78 is 4.64. The molecule has 1 aliphatic rings. The van der Waals surface area contributed by atoms with Crippen molar-refractivity contribution >= 4 is 0 Å². The van der Waals surface area contributed by atoms with E-state index in [0.717, 1.165) is 30.7 Å². The molecule has 72 valence electrons. The number of aromatic nitrogens is 2. The van der Waals surface area contributed by atoms with Crippen LogP contribution in [0.5, 0.6) is 0 Å². The van der Waals surface area contributed by atoms with Crippen LogP contribution in [0.1, 0.15) is 25.6 Å². The van der Waals surface area contributed by atoms with Crippen molar-refractivity contribution in [3.05, 3.63) is 12.2 Å². The summed E-state index contributed by atoms with van der Waals surface area (Å²) in [5.41, 5.74) is 0. The normalized spacial score (nSPS) is 27.2. The van der Waals surface area contributed by atoms with Gasteiger partial charge in [0.2, 0.25) is 6.39 Å². The Kier molecular flexibility index (Phi) is 2.59. The van der Waals surface area contributed by atoms with Gasteiger partial charge < -0.3 is 9.84 Å². The summed E-state index contributed by atoms with van der Waals surface area (Å²) in [5, 5.41) is 7.21. The third kappa shape index (κ3) is 2.28. The smallest absolute Gasteiger partial charge is 0.213 e. The lowest BCUT2D eigenvalue weighted by Gasteiger charge is -2.33. The van der Waals surface area contributed by atoms with Crippen molar-refractivity contribution in [1.29, 1.82) is 0 Å². The summed E-state index contributed by atoms with van der Waals surface area (Å²) in [7, 11) is 0. The maximum Gasteiger partial charge on any atom is 0.213 e. The van der Waals surface area contributed by atoms with Crippen LogP contribution in [0.4, 0.5) is 0 Å². The molecular formula is C9H15N3O. The number of nitrogens with zero attached hydrogens (tertiary/aromatic N) is 2. The van der Waals surface area contributed by atoms with E-state index >= 15 is 0 Å². The van der Waals surface area contributed by atoms with Gasteiger partial charge in [0, 0.05) is 19.0 Å². The third-order valence-corrected chi connectivity index (χ3v) is 2.56. The number of nitrogens with one attached hydrogen (secondary N) is 1. The highest BCUT2D eigenvalue weighted by Crippen LogP contribution is 2.25. The first-order valence-electron chi connectivity index (χ1n) is 4.83. The minimum absolute atomic E-state index is 0.724. The van der Waals surface area contributed by atoms with Gasteiger partial charge >= 0.3 is 0 Å². The van der Waals surface area contributed by atoms with Crippen molar-refractivity contribution in [2.45, 2.75) is 32.2 Å². The van der Waals surface area contributed by atoms with Gasteiger partial charge in [-0.3, -0.25) is 0 Å². The van der Waals surface area contributed by atoms with E-state index in [9.17, 15) is 0 Å². The monoisotopic (exact) mass is 181 g/mol. The highest BCUT2D eigenvalue weighted by molar-refractivity contribution is 4.84. The van der Waals surface area contributed by atoms with Gasteiger partial charge in [0.05, 0.1) is 0 Å². The van der Waals surface area contributed by atoms with Crippen LogP contribution >= 0.6 is 0 Å². The lowest BCUT2D eigenvalue weighted by Crippen LogP contribution is -2.40. The molecule has 0 aliphatic heterocycles. The first-order valence-corrected chi connectivity index (χ1v) is 4.83. The molecule has 1 aromatic rings. The van der Waals surface area contributed by atoms with E-state index in [1.807, 2.05) is 0 Å². The standard InChI is InChI=1S/C9H15N3O/c1-7-4-8(5-7)10-3-2-9-11-6-13-12-9/h6-8,10H,2-5H2,1H3. The van der Waals surface area contributed by atoms with Gasteiger partial charge in [-0.05, 0) is 18.8 Å². The lowest BCUT2D eigenvalue weighted by atomic mass is 9.82. The predicted molar refractivity (Wildman–Crippen MR) is 48.2 cm³/mol. The van der Waals surface area contributed by atoms with E-state index in [1.165, 1.54) is 19.2 Å². The van der Waals surface area contributed by atoms with Crippen molar-refractivity contribution in [2.75, 3.05) is 6.54 Å². The summed E-state index contributed by atoms with van der Waals surface area (Å²) in [6.45, 7) is 3.24. The number of hydrogen-bond acceptors (Lipinski definition) is 4. The fourth-order valence-electron chi connectivity index (χ4n) is 1.76. The molecule has 4 nitrogen and oxygen atoms in total. The third-order valence-electron chi connectivity index (χ3n) is 2.56. The second kappa shape index (κ2) is 3.87. The summed E-state index contributed by atoms with van der Waals surface area (Å²) in [6, 6.07) is 0.724. The Bertz CT molecular complexity index is 241. The summed E-state index contributed by atoms with van der Waals surface area (Å²) >= 11 is 0. The molecule has 1 aliphatic carbocycles. The van der Waals surface area contributed by atoms with Crippen LogP contribution in [-0.4, -0.2) is 22.7 Å². The molecular weight excluding hydrogens is 166 g/mol. The highest BCUT2D eigenvalue weighted by atomic mass is 16.5. The second-order valence-electron chi connectivity index (χ2n) is 3.83. The topological polar surface area (TPSA) is 51.0 Å². The van der Waals surface area contributed by atoms with Gasteiger partial charge in [0.25, 0.3) is 0 Å². The lowest BCUT2D eigenvalue weighted by molar-refractivity contribution is 0.242. The molecule has 13 heavy (non-hydrogen) atoms. The van der Waals surface area contributed by atoms with Crippen molar-refractivity contribution in [3.63, 3.8) is 0 Å². The molecule has 0 aromatic carbocycles. The van der Waals surface area contributed by atoms with Crippen molar-refractivity contribution in [2.24, 2.45) is 5.92 Å². The molecule has 0 atom stereocenters. The van der Waals surface area contributed by atoms with Crippen LogP contribution in [0.15, 0.2) is 10.9 Å². The Balaban J connectivity index is 1.59. The Labute approximate surface area is 77.7 Å². The molecule has 0 amide bonds. The number of rotatable bonds is 4. The fraction of sp³-hybridized carbons (Fsp3) is 0.778. The predicted octanol–water partition coefficient (Wildman–Crippen LogP) is 1.00. The highest BCUT2D eigenvalue weighted by Gasteiger charge is 2.24. The van der Waals surface area contributed by atoms with Crippen molar-refractivity contribution < 1.29 is 4.52 Å².